The van der Waals surface area contributed by atoms with E-state index < -0.39 is 26.4 Å². The van der Waals surface area contributed by atoms with Gasteiger partial charge in [-0.25, -0.2) is 27.2 Å². The molecule has 0 fully saturated rings. The highest BCUT2D eigenvalue weighted by Crippen LogP contribution is 2.29. The van der Waals surface area contributed by atoms with Crippen LogP contribution in [-0.4, -0.2) is 35.8 Å². The summed E-state index contributed by atoms with van der Waals surface area (Å²) in [5, 5.41) is 0. The van der Waals surface area contributed by atoms with Gasteiger partial charge in [-0.2, -0.15) is 0 Å². The van der Waals surface area contributed by atoms with Crippen molar-refractivity contribution in [3.05, 3.63) is 46.9 Å². The van der Waals surface area contributed by atoms with Gasteiger partial charge in [0, 0.05) is 25.4 Å². The molecule has 3 rings (SSSR count). The molecule has 1 atom stereocenters. The Hall–Kier alpha value is -2.59. The molecule has 1 aromatic carbocycles. The number of hydrogen-bond acceptors (Lipinski definition) is 6. The number of nitrogens with two attached hydrogens (primary N) is 1. The van der Waals surface area contributed by atoms with E-state index in [1.807, 2.05) is 25.3 Å². The SMILES string of the molecule is COC(C)c1nc2c(N)nc(C)c(C)c2n1CCCS(=O)(=O)c1ccc(F)cc1F. The Kier molecular flexibility index (Phi) is 6.09. The molecular formula is C20H24F2N4O3S. The number of imidazole rings is 1. The third-order valence-electron chi connectivity index (χ3n) is 5.17. The summed E-state index contributed by atoms with van der Waals surface area (Å²) < 4.78 is 59.5. The van der Waals surface area contributed by atoms with Crippen molar-refractivity contribution in [2.75, 3.05) is 18.6 Å². The van der Waals surface area contributed by atoms with Crippen molar-refractivity contribution >= 4 is 26.7 Å². The van der Waals surface area contributed by atoms with Crippen molar-refractivity contribution in [2.45, 2.75) is 44.7 Å². The van der Waals surface area contributed by atoms with Gasteiger partial charge >= 0.3 is 0 Å². The summed E-state index contributed by atoms with van der Waals surface area (Å²) >= 11 is 0. The molecule has 0 saturated carbocycles. The molecule has 10 heteroatoms. The zero-order valence-corrected chi connectivity index (χ0v) is 18.1. The van der Waals surface area contributed by atoms with Crippen molar-refractivity contribution in [3.63, 3.8) is 0 Å². The van der Waals surface area contributed by atoms with Gasteiger partial charge in [-0.1, -0.05) is 0 Å². The third kappa shape index (κ3) is 4.01. The van der Waals surface area contributed by atoms with E-state index in [0.29, 0.717) is 24.0 Å². The fraction of sp³-hybridized carbons (Fsp3) is 0.400. The second-order valence-corrected chi connectivity index (χ2v) is 9.23. The van der Waals surface area contributed by atoms with Gasteiger partial charge in [0.05, 0.1) is 11.3 Å². The Bertz CT molecular complexity index is 1210. The average molecular weight is 439 g/mol. The number of aryl methyl sites for hydroxylation is 3. The van der Waals surface area contributed by atoms with Crippen molar-refractivity contribution < 1.29 is 21.9 Å². The highest BCUT2D eigenvalue weighted by Gasteiger charge is 2.23. The van der Waals surface area contributed by atoms with Gasteiger partial charge in [0.25, 0.3) is 0 Å². The molecule has 0 aliphatic carbocycles. The number of ether oxygens (including phenoxy) is 1. The molecule has 0 radical (unpaired) electrons. The molecule has 0 spiro atoms. The minimum absolute atomic E-state index is 0.189. The van der Waals surface area contributed by atoms with Gasteiger partial charge in [0.2, 0.25) is 0 Å². The summed E-state index contributed by atoms with van der Waals surface area (Å²) in [5.74, 6) is -1.35. The summed E-state index contributed by atoms with van der Waals surface area (Å²) in [4.78, 5) is 8.38. The smallest absolute Gasteiger partial charge is 0.181 e. The van der Waals surface area contributed by atoms with Crippen LogP contribution in [0.2, 0.25) is 0 Å². The number of rotatable bonds is 7. The monoisotopic (exact) mass is 438 g/mol. The number of nitrogens with zero attached hydrogens (tertiary/aromatic N) is 3. The van der Waals surface area contributed by atoms with Crippen LogP contribution in [0.25, 0.3) is 11.0 Å². The quantitative estimate of drug-likeness (QED) is 0.567. The highest BCUT2D eigenvalue weighted by molar-refractivity contribution is 7.91. The topological polar surface area (TPSA) is 100 Å². The lowest BCUT2D eigenvalue weighted by atomic mass is 10.2. The largest absolute Gasteiger partial charge is 0.382 e. The number of methoxy groups -OCH3 is 1. The molecule has 162 valence electrons. The molecule has 3 aromatic rings. The summed E-state index contributed by atoms with van der Waals surface area (Å²) in [6.45, 7) is 5.86. The Labute approximate surface area is 173 Å². The van der Waals surface area contributed by atoms with Crippen LogP contribution in [0.1, 0.15) is 36.5 Å². The number of fused-ring (bicyclic) bond motifs is 1. The van der Waals surface area contributed by atoms with Gasteiger partial charge in [0.15, 0.2) is 15.7 Å². The van der Waals surface area contributed by atoms with Crippen molar-refractivity contribution in [1.29, 1.82) is 0 Å². The van der Waals surface area contributed by atoms with E-state index in [9.17, 15) is 17.2 Å². The summed E-state index contributed by atoms with van der Waals surface area (Å²) in [6, 6.07) is 2.45. The van der Waals surface area contributed by atoms with Crippen LogP contribution >= 0.6 is 0 Å². The Morgan fingerprint density at radius 2 is 1.93 bits per heavy atom. The lowest BCUT2D eigenvalue weighted by Gasteiger charge is -2.15. The van der Waals surface area contributed by atoms with Gasteiger partial charge in [-0.15, -0.1) is 0 Å². The van der Waals surface area contributed by atoms with Gasteiger partial charge < -0.3 is 15.0 Å². The first-order valence-electron chi connectivity index (χ1n) is 9.40. The Morgan fingerprint density at radius 1 is 1.23 bits per heavy atom. The number of benzene rings is 1. The predicted molar refractivity (Wildman–Crippen MR) is 110 cm³/mol. The van der Waals surface area contributed by atoms with Gasteiger partial charge in [-0.05, 0) is 44.9 Å². The molecule has 2 aromatic heterocycles. The number of sulfone groups is 1. The molecular weight excluding hydrogens is 414 g/mol. The second-order valence-electron chi connectivity index (χ2n) is 7.15. The molecule has 0 amide bonds. The zero-order chi connectivity index (χ0) is 22.2. The number of aromatic nitrogens is 3. The van der Waals surface area contributed by atoms with E-state index in [1.54, 1.807) is 7.11 Å². The molecule has 30 heavy (non-hydrogen) atoms. The fourth-order valence-corrected chi connectivity index (χ4v) is 4.77. The summed E-state index contributed by atoms with van der Waals surface area (Å²) in [6.07, 6.45) is -0.169. The van der Waals surface area contributed by atoms with Crippen LogP contribution in [0.4, 0.5) is 14.6 Å². The van der Waals surface area contributed by atoms with Crippen LogP contribution < -0.4 is 5.73 Å². The zero-order valence-electron chi connectivity index (χ0n) is 17.2. The Balaban J connectivity index is 1.95. The fourth-order valence-electron chi connectivity index (χ4n) is 3.41. The number of nitrogen functional groups attached to an aromatic ring is 1. The lowest BCUT2D eigenvalue weighted by molar-refractivity contribution is 0.109. The number of pyridine rings is 1. The lowest BCUT2D eigenvalue weighted by Crippen LogP contribution is -2.14. The van der Waals surface area contributed by atoms with Gasteiger partial charge in [-0.3, -0.25) is 0 Å². The van der Waals surface area contributed by atoms with Crippen LogP contribution in [0.3, 0.4) is 0 Å². The standard InChI is InChI=1S/C20H24F2N4O3S/c1-11-12(2)24-19(23)17-18(11)26(20(25-17)13(3)29-4)8-5-9-30(27,28)16-7-6-14(21)10-15(16)22/h6-7,10,13H,5,8-9H2,1-4H3,(H2,23,24). The van der Waals surface area contributed by atoms with E-state index in [0.717, 1.165) is 28.9 Å². The highest BCUT2D eigenvalue weighted by atomic mass is 32.2. The van der Waals surface area contributed by atoms with E-state index in [4.69, 9.17) is 10.5 Å². The number of halogens is 2. The molecule has 1 unspecified atom stereocenters. The molecule has 0 saturated heterocycles. The summed E-state index contributed by atoms with van der Waals surface area (Å²) in [7, 11) is -2.37. The van der Waals surface area contributed by atoms with E-state index in [-0.39, 0.29) is 24.1 Å². The first kappa shape index (κ1) is 22.1. The van der Waals surface area contributed by atoms with Crippen LogP contribution in [0.5, 0.6) is 0 Å². The average Bonchev–Trinajstić information content (AvgIpc) is 3.05. The maximum absolute atomic E-state index is 13.9. The van der Waals surface area contributed by atoms with Crippen molar-refractivity contribution in [1.82, 2.24) is 14.5 Å². The molecule has 0 aliphatic rings. The second kappa shape index (κ2) is 8.27. The van der Waals surface area contributed by atoms with Crippen molar-refractivity contribution in [2.24, 2.45) is 0 Å². The molecule has 7 nitrogen and oxygen atoms in total. The van der Waals surface area contributed by atoms with E-state index in [2.05, 4.69) is 9.97 Å². The first-order valence-corrected chi connectivity index (χ1v) is 11.1. The predicted octanol–water partition coefficient (Wildman–Crippen LogP) is 3.48. The van der Waals surface area contributed by atoms with E-state index >= 15 is 0 Å². The first-order chi connectivity index (χ1) is 14.1. The maximum Gasteiger partial charge on any atom is 0.181 e. The minimum Gasteiger partial charge on any atom is -0.382 e. The third-order valence-corrected chi connectivity index (χ3v) is 6.99. The van der Waals surface area contributed by atoms with E-state index in [1.165, 1.54) is 0 Å². The molecule has 2 heterocycles. The minimum atomic E-state index is -3.92. The normalized spacial score (nSPS) is 13.1. The molecule has 0 bridgehead atoms. The molecule has 2 N–H and O–H groups in total. The van der Waals surface area contributed by atoms with Gasteiger partial charge in [0.1, 0.15) is 34.0 Å². The molecule has 0 aliphatic heterocycles. The van der Waals surface area contributed by atoms with Crippen LogP contribution in [-0.2, 0) is 21.1 Å². The summed E-state index contributed by atoms with van der Waals surface area (Å²) in [5.41, 5.74) is 8.99. The maximum atomic E-state index is 13.9. The number of anilines is 1. The van der Waals surface area contributed by atoms with Crippen molar-refractivity contribution in [3.8, 4) is 0 Å². The van der Waals surface area contributed by atoms with Crippen LogP contribution in [0, 0.1) is 25.5 Å². The Morgan fingerprint density at radius 3 is 2.57 bits per heavy atom. The number of hydrogen-bond donors (Lipinski definition) is 1. The van der Waals surface area contributed by atoms with Crippen LogP contribution in [0.15, 0.2) is 23.1 Å².